The highest BCUT2D eigenvalue weighted by Crippen LogP contribution is 1.95. The molecular weight excluding hydrogens is 208 g/mol. The summed E-state index contributed by atoms with van der Waals surface area (Å²) in [5.41, 5.74) is 5.23. The molecule has 0 aliphatic rings. The first-order valence-electron chi connectivity index (χ1n) is 5.74. The molecule has 16 heavy (non-hydrogen) atoms. The van der Waals surface area contributed by atoms with E-state index in [1.165, 1.54) is 0 Å². The number of amidine groups is 1. The minimum atomic E-state index is 0.251. The van der Waals surface area contributed by atoms with Crippen LogP contribution in [0.15, 0.2) is 0 Å². The van der Waals surface area contributed by atoms with E-state index < -0.39 is 0 Å². The van der Waals surface area contributed by atoms with Crippen molar-refractivity contribution in [1.29, 1.82) is 5.41 Å². The average Bonchev–Trinajstić information content (AvgIpc) is 2.25. The molecule has 5 heteroatoms. The van der Waals surface area contributed by atoms with Crippen molar-refractivity contribution in [2.24, 2.45) is 5.73 Å². The van der Waals surface area contributed by atoms with Crippen LogP contribution in [0.2, 0.25) is 0 Å². The molecular formula is C11H24N2O3. The van der Waals surface area contributed by atoms with Gasteiger partial charge in [-0.3, -0.25) is 5.41 Å². The van der Waals surface area contributed by atoms with Crippen LogP contribution in [0, 0.1) is 5.41 Å². The fraction of sp³-hybridized carbons (Fsp3) is 0.909. The Hall–Kier alpha value is -0.650. The summed E-state index contributed by atoms with van der Waals surface area (Å²) in [5, 5.41) is 7.03. The van der Waals surface area contributed by atoms with Gasteiger partial charge < -0.3 is 19.9 Å². The van der Waals surface area contributed by atoms with Gasteiger partial charge in [0, 0.05) is 33.4 Å². The van der Waals surface area contributed by atoms with Gasteiger partial charge in [0.15, 0.2) is 0 Å². The van der Waals surface area contributed by atoms with E-state index in [4.69, 9.17) is 25.4 Å². The van der Waals surface area contributed by atoms with Gasteiger partial charge in [-0.1, -0.05) is 0 Å². The second-order valence-electron chi connectivity index (χ2n) is 3.55. The third-order valence-corrected chi connectivity index (χ3v) is 1.99. The predicted octanol–water partition coefficient (Wildman–Crippen LogP) is 1.16. The number of nitrogens with one attached hydrogen (secondary N) is 1. The van der Waals surface area contributed by atoms with Crippen LogP contribution in [-0.2, 0) is 14.2 Å². The number of rotatable bonds is 12. The second-order valence-corrected chi connectivity index (χ2v) is 3.55. The van der Waals surface area contributed by atoms with Crippen LogP contribution in [0.1, 0.15) is 25.7 Å². The summed E-state index contributed by atoms with van der Waals surface area (Å²) in [5.74, 6) is 0.251. The zero-order chi connectivity index (χ0) is 12.1. The average molecular weight is 232 g/mol. The zero-order valence-corrected chi connectivity index (χ0v) is 10.2. The standard InChI is InChI=1S/C11H24N2O3/c1-14-6-4-8-16-10-9-15-7-3-2-5-11(12)13/h2-10H2,1H3,(H3,12,13). The number of nitrogens with two attached hydrogens (primary N) is 1. The molecule has 0 aliphatic carbocycles. The lowest BCUT2D eigenvalue weighted by atomic mass is 10.2. The number of hydrogen-bond donors (Lipinski definition) is 2. The van der Waals surface area contributed by atoms with Gasteiger partial charge in [0.25, 0.3) is 0 Å². The predicted molar refractivity (Wildman–Crippen MR) is 63.9 cm³/mol. The van der Waals surface area contributed by atoms with Crippen LogP contribution in [0.25, 0.3) is 0 Å². The van der Waals surface area contributed by atoms with E-state index in [1.54, 1.807) is 7.11 Å². The molecule has 0 heterocycles. The van der Waals surface area contributed by atoms with Crippen molar-refractivity contribution in [1.82, 2.24) is 0 Å². The summed E-state index contributed by atoms with van der Waals surface area (Å²) in [6.45, 7) is 3.45. The van der Waals surface area contributed by atoms with E-state index >= 15 is 0 Å². The van der Waals surface area contributed by atoms with E-state index in [0.29, 0.717) is 26.2 Å². The van der Waals surface area contributed by atoms with E-state index in [-0.39, 0.29) is 5.84 Å². The summed E-state index contributed by atoms with van der Waals surface area (Å²) in [6, 6.07) is 0. The third kappa shape index (κ3) is 13.4. The molecule has 96 valence electrons. The minimum absolute atomic E-state index is 0.251. The molecule has 0 fully saturated rings. The molecule has 0 aliphatic heterocycles. The van der Waals surface area contributed by atoms with Gasteiger partial charge in [-0.25, -0.2) is 0 Å². The van der Waals surface area contributed by atoms with Crippen molar-refractivity contribution in [2.75, 3.05) is 40.1 Å². The summed E-state index contributed by atoms with van der Waals surface area (Å²) >= 11 is 0. The molecule has 0 radical (unpaired) electrons. The third-order valence-electron chi connectivity index (χ3n) is 1.99. The molecule has 0 atom stereocenters. The summed E-state index contributed by atoms with van der Waals surface area (Å²) in [7, 11) is 1.68. The Morgan fingerprint density at radius 3 is 2.12 bits per heavy atom. The number of methoxy groups -OCH3 is 1. The van der Waals surface area contributed by atoms with Gasteiger partial charge in [0.05, 0.1) is 19.0 Å². The molecule has 0 unspecified atom stereocenters. The van der Waals surface area contributed by atoms with Crippen LogP contribution >= 0.6 is 0 Å². The largest absolute Gasteiger partial charge is 0.388 e. The SMILES string of the molecule is COCCCOCCOCCCCC(=N)N. The van der Waals surface area contributed by atoms with Crippen molar-refractivity contribution >= 4 is 5.84 Å². The second kappa shape index (κ2) is 12.4. The zero-order valence-electron chi connectivity index (χ0n) is 10.2. The van der Waals surface area contributed by atoms with Crippen LogP contribution in [0.3, 0.4) is 0 Å². The van der Waals surface area contributed by atoms with Crippen LogP contribution in [-0.4, -0.2) is 46.0 Å². The molecule has 0 spiro atoms. The Labute approximate surface area is 97.8 Å². The lowest BCUT2D eigenvalue weighted by Gasteiger charge is -2.05. The fourth-order valence-corrected chi connectivity index (χ4v) is 1.15. The molecule has 0 saturated heterocycles. The van der Waals surface area contributed by atoms with Crippen LogP contribution < -0.4 is 5.73 Å². The molecule has 0 amide bonds. The van der Waals surface area contributed by atoms with Gasteiger partial charge in [-0.2, -0.15) is 0 Å². The monoisotopic (exact) mass is 232 g/mol. The quantitative estimate of drug-likeness (QED) is 0.301. The van der Waals surface area contributed by atoms with Crippen LogP contribution in [0.4, 0.5) is 0 Å². The minimum Gasteiger partial charge on any atom is -0.388 e. The normalized spacial score (nSPS) is 10.6. The Balaban J connectivity index is 2.90. The molecule has 0 aromatic rings. The number of unbranched alkanes of at least 4 members (excludes halogenated alkanes) is 1. The van der Waals surface area contributed by atoms with Gasteiger partial charge >= 0.3 is 0 Å². The maximum Gasteiger partial charge on any atom is 0.0905 e. The van der Waals surface area contributed by atoms with E-state index in [0.717, 1.165) is 32.5 Å². The smallest absolute Gasteiger partial charge is 0.0905 e. The summed E-state index contributed by atoms with van der Waals surface area (Å²) in [6.07, 6.45) is 3.46. The van der Waals surface area contributed by atoms with E-state index in [1.807, 2.05) is 0 Å². The first-order valence-corrected chi connectivity index (χ1v) is 5.74. The summed E-state index contributed by atoms with van der Waals surface area (Å²) < 4.78 is 15.6. The summed E-state index contributed by atoms with van der Waals surface area (Å²) in [4.78, 5) is 0. The first-order chi connectivity index (χ1) is 7.77. The highest BCUT2D eigenvalue weighted by Gasteiger charge is 1.93. The van der Waals surface area contributed by atoms with E-state index in [2.05, 4.69) is 0 Å². The highest BCUT2D eigenvalue weighted by molar-refractivity contribution is 5.76. The fourth-order valence-electron chi connectivity index (χ4n) is 1.15. The van der Waals surface area contributed by atoms with E-state index in [9.17, 15) is 0 Å². The molecule has 0 saturated carbocycles. The highest BCUT2D eigenvalue weighted by atomic mass is 16.5. The lowest BCUT2D eigenvalue weighted by Crippen LogP contribution is -2.10. The molecule has 0 aromatic heterocycles. The Bertz CT molecular complexity index is 165. The lowest BCUT2D eigenvalue weighted by molar-refractivity contribution is 0.0389. The molecule has 0 bridgehead atoms. The Morgan fingerprint density at radius 1 is 0.938 bits per heavy atom. The maximum atomic E-state index is 7.03. The van der Waals surface area contributed by atoms with Gasteiger partial charge in [0.2, 0.25) is 0 Å². The first kappa shape index (κ1) is 15.3. The maximum absolute atomic E-state index is 7.03. The van der Waals surface area contributed by atoms with Gasteiger partial charge in [0.1, 0.15) is 0 Å². The topological polar surface area (TPSA) is 77.6 Å². The van der Waals surface area contributed by atoms with Gasteiger partial charge in [-0.05, 0) is 19.3 Å². The van der Waals surface area contributed by atoms with Crippen molar-refractivity contribution < 1.29 is 14.2 Å². The molecule has 3 N–H and O–H groups in total. The van der Waals surface area contributed by atoms with Gasteiger partial charge in [-0.15, -0.1) is 0 Å². The Morgan fingerprint density at radius 2 is 1.56 bits per heavy atom. The number of hydrogen-bond acceptors (Lipinski definition) is 4. The van der Waals surface area contributed by atoms with Crippen molar-refractivity contribution in [3.8, 4) is 0 Å². The van der Waals surface area contributed by atoms with Crippen molar-refractivity contribution in [2.45, 2.75) is 25.7 Å². The molecule has 0 aromatic carbocycles. The van der Waals surface area contributed by atoms with Crippen molar-refractivity contribution in [3.63, 3.8) is 0 Å². The Kier molecular flexibility index (Phi) is 11.9. The molecule has 5 nitrogen and oxygen atoms in total. The molecule has 0 rings (SSSR count). The van der Waals surface area contributed by atoms with Crippen molar-refractivity contribution in [3.05, 3.63) is 0 Å². The van der Waals surface area contributed by atoms with Crippen LogP contribution in [0.5, 0.6) is 0 Å². The number of ether oxygens (including phenoxy) is 3.